The van der Waals surface area contributed by atoms with Gasteiger partial charge in [-0.2, -0.15) is 5.26 Å². The van der Waals surface area contributed by atoms with Gasteiger partial charge in [-0.3, -0.25) is 4.79 Å². The first kappa shape index (κ1) is 16.8. The molecule has 0 bridgehead atoms. The van der Waals surface area contributed by atoms with Crippen molar-refractivity contribution in [2.75, 3.05) is 5.32 Å². The van der Waals surface area contributed by atoms with Gasteiger partial charge in [0, 0.05) is 45.3 Å². The molecule has 0 radical (unpaired) electrons. The third-order valence-corrected chi connectivity index (χ3v) is 5.39. The van der Waals surface area contributed by atoms with Crippen LogP contribution in [0.25, 0.3) is 27.2 Å². The van der Waals surface area contributed by atoms with Crippen LogP contribution in [0.3, 0.4) is 0 Å². The summed E-state index contributed by atoms with van der Waals surface area (Å²) in [5.41, 5.74) is 9.41. The molecule has 0 saturated carbocycles. The number of hydrogen-bond acceptors (Lipinski definition) is 5. The van der Waals surface area contributed by atoms with Crippen molar-refractivity contribution in [3.63, 3.8) is 0 Å². The second-order valence-electron chi connectivity index (χ2n) is 6.06. The molecule has 0 fully saturated rings. The molecule has 3 heterocycles. The number of benzene rings is 1. The Balaban J connectivity index is 1.84. The molecule has 0 spiro atoms. The molecule has 1 aromatic carbocycles. The third-order valence-electron chi connectivity index (χ3n) is 4.38. The van der Waals surface area contributed by atoms with E-state index in [9.17, 15) is 10.1 Å². The van der Waals surface area contributed by atoms with Gasteiger partial charge in [0.05, 0.1) is 11.3 Å². The van der Waals surface area contributed by atoms with Crippen LogP contribution < -0.4 is 11.1 Å². The summed E-state index contributed by atoms with van der Waals surface area (Å²) in [5, 5.41) is 14.9. The van der Waals surface area contributed by atoms with Crippen molar-refractivity contribution in [2.45, 2.75) is 6.92 Å². The van der Waals surface area contributed by atoms with Crippen LogP contribution in [-0.4, -0.2) is 15.9 Å². The van der Waals surface area contributed by atoms with E-state index in [-0.39, 0.29) is 0 Å². The number of aromatic amines is 1. The summed E-state index contributed by atoms with van der Waals surface area (Å²) in [6.45, 7) is 2.04. The van der Waals surface area contributed by atoms with Crippen LogP contribution in [0.5, 0.6) is 0 Å². The number of aryl methyl sites for hydroxylation is 1. The summed E-state index contributed by atoms with van der Waals surface area (Å²) < 4.78 is 0. The Morgan fingerprint density at radius 3 is 3.00 bits per heavy atom. The fourth-order valence-corrected chi connectivity index (χ4v) is 3.94. The Morgan fingerprint density at radius 2 is 2.22 bits per heavy atom. The Kier molecular flexibility index (Phi) is 4.11. The number of nitriles is 1. The Morgan fingerprint density at radius 1 is 1.37 bits per heavy atom. The molecule has 0 aliphatic heterocycles. The summed E-state index contributed by atoms with van der Waals surface area (Å²) in [7, 11) is 0. The highest BCUT2D eigenvalue weighted by molar-refractivity contribution is 7.19. The van der Waals surface area contributed by atoms with Crippen molar-refractivity contribution < 1.29 is 4.79 Å². The molecule has 6 nitrogen and oxygen atoms in total. The van der Waals surface area contributed by atoms with Crippen LogP contribution in [0.15, 0.2) is 42.7 Å². The maximum absolute atomic E-state index is 11.0. The van der Waals surface area contributed by atoms with Crippen LogP contribution in [0, 0.1) is 18.3 Å². The van der Waals surface area contributed by atoms with E-state index in [0.29, 0.717) is 11.3 Å². The molecule has 1 amide bonds. The number of primary amides is 1. The lowest BCUT2D eigenvalue weighted by Crippen LogP contribution is -2.04. The zero-order chi connectivity index (χ0) is 19.0. The monoisotopic (exact) mass is 373 g/mol. The van der Waals surface area contributed by atoms with E-state index in [1.807, 2.05) is 37.4 Å². The number of nitrogens with two attached hydrogens (primary N) is 1. The molecule has 0 unspecified atom stereocenters. The fourth-order valence-electron chi connectivity index (χ4n) is 3.03. The third kappa shape index (κ3) is 3.03. The van der Waals surface area contributed by atoms with Gasteiger partial charge >= 0.3 is 0 Å². The van der Waals surface area contributed by atoms with Gasteiger partial charge in [-0.25, -0.2) is 4.98 Å². The van der Waals surface area contributed by atoms with Crippen molar-refractivity contribution >= 4 is 55.8 Å². The quantitative estimate of drug-likeness (QED) is 0.466. The number of amides is 1. The van der Waals surface area contributed by atoms with E-state index in [2.05, 4.69) is 21.4 Å². The normalized spacial score (nSPS) is 11.3. The van der Waals surface area contributed by atoms with Crippen molar-refractivity contribution in [1.82, 2.24) is 9.97 Å². The summed E-state index contributed by atoms with van der Waals surface area (Å²) in [4.78, 5) is 20.2. The molecule has 0 aliphatic carbocycles. The Labute approximate surface area is 158 Å². The van der Waals surface area contributed by atoms with E-state index in [1.165, 1.54) is 17.4 Å². The highest BCUT2D eigenvalue weighted by Crippen LogP contribution is 2.36. The van der Waals surface area contributed by atoms with Gasteiger partial charge in [-0.15, -0.1) is 11.3 Å². The second-order valence-corrected chi connectivity index (χ2v) is 7.13. The van der Waals surface area contributed by atoms with Gasteiger partial charge < -0.3 is 16.0 Å². The number of nitrogens with zero attached hydrogens (tertiary/aromatic N) is 2. The molecule has 4 rings (SSSR count). The Hall–Kier alpha value is -3.63. The van der Waals surface area contributed by atoms with Crippen molar-refractivity contribution in [3.05, 3.63) is 58.7 Å². The van der Waals surface area contributed by atoms with Crippen LogP contribution in [-0.2, 0) is 4.79 Å². The van der Waals surface area contributed by atoms with Gasteiger partial charge in [0.25, 0.3) is 0 Å². The number of pyridine rings is 1. The second kappa shape index (κ2) is 6.59. The maximum Gasteiger partial charge on any atom is 0.241 e. The number of fused-ring (bicyclic) bond motifs is 2. The smallest absolute Gasteiger partial charge is 0.241 e. The first-order valence-electron chi connectivity index (χ1n) is 8.20. The number of H-pyrrole nitrogens is 1. The van der Waals surface area contributed by atoms with Gasteiger partial charge in [0.1, 0.15) is 10.9 Å². The number of anilines is 2. The number of aromatic nitrogens is 2. The average Bonchev–Trinajstić information content (AvgIpc) is 3.29. The van der Waals surface area contributed by atoms with Crippen molar-refractivity contribution in [2.24, 2.45) is 5.73 Å². The van der Waals surface area contributed by atoms with Crippen LogP contribution >= 0.6 is 11.3 Å². The molecule has 4 aromatic rings. The van der Waals surface area contributed by atoms with Crippen molar-refractivity contribution in [3.8, 4) is 6.07 Å². The number of nitrogens with one attached hydrogen (secondary N) is 2. The summed E-state index contributed by atoms with van der Waals surface area (Å²) >= 11 is 1.43. The van der Waals surface area contributed by atoms with Gasteiger partial charge in [-0.1, -0.05) is 0 Å². The summed E-state index contributed by atoms with van der Waals surface area (Å²) in [5.74, 6) is -0.507. The molecule has 132 valence electrons. The lowest BCUT2D eigenvalue weighted by molar-refractivity contribution is -0.113. The minimum absolute atomic E-state index is 0.458. The molecular formula is C20H15N5OS. The first-order chi connectivity index (χ1) is 13.1. The summed E-state index contributed by atoms with van der Waals surface area (Å²) in [6.07, 6.45) is 6.44. The van der Waals surface area contributed by atoms with Crippen LogP contribution in [0.4, 0.5) is 11.4 Å². The molecule has 27 heavy (non-hydrogen) atoms. The van der Waals surface area contributed by atoms with Crippen LogP contribution in [0.2, 0.25) is 0 Å². The molecule has 0 atom stereocenters. The largest absolute Gasteiger partial charge is 0.366 e. The molecular weight excluding hydrogens is 358 g/mol. The molecule has 4 N–H and O–H groups in total. The Bertz CT molecular complexity index is 1260. The predicted molar refractivity (Wildman–Crippen MR) is 109 cm³/mol. The first-order valence-corrected chi connectivity index (χ1v) is 9.02. The summed E-state index contributed by atoms with van der Waals surface area (Å²) in [6, 6.07) is 10.1. The van der Waals surface area contributed by atoms with E-state index in [4.69, 9.17) is 5.73 Å². The lowest BCUT2D eigenvalue weighted by Gasteiger charge is -2.12. The maximum atomic E-state index is 11.0. The van der Waals surface area contributed by atoms with Gasteiger partial charge in [-0.05, 0) is 42.8 Å². The van der Waals surface area contributed by atoms with E-state index >= 15 is 0 Å². The minimum Gasteiger partial charge on any atom is -0.366 e. The van der Waals surface area contributed by atoms with Gasteiger partial charge in [0.15, 0.2) is 0 Å². The number of thiophene rings is 1. The predicted octanol–water partition coefficient (Wildman–Crippen LogP) is 4.20. The van der Waals surface area contributed by atoms with E-state index in [0.717, 1.165) is 37.2 Å². The number of carbonyl (C=O) groups is 1. The minimum atomic E-state index is -0.507. The topological polar surface area (TPSA) is 108 Å². The zero-order valence-corrected chi connectivity index (χ0v) is 15.2. The molecule has 7 heteroatoms. The molecule has 0 aliphatic rings. The SMILES string of the molecule is Cc1c(Nc2c(C#N)cnc3sc(C=CC(N)=O)cc23)ccc2[nH]ccc12. The molecule has 0 saturated heterocycles. The lowest BCUT2D eigenvalue weighted by atomic mass is 10.1. The van der Waals surface area contributed by atoms with E-state index in [1.54, 1.807) is 12.3 Å². The fraction of sp³-hybridized carbons (Fsp3) is 0.0500. The van der Waals surface area contributed by atoms with Crippen LogP contribution in [0.1, 0.15) is 16.0 Å². The number of carbonyl (C=O) groups excluding carboxylic acids is 1. The standard InChI is InChI=1S/C20H15N5OS/c1-11-14-6-7-23-17(14)4-3-16(11)25-19-12(9-21)10-24-20-15(19)8-13(27-20)2-5-18(22)26/h2-8,10,23H,1H3,(H2,22,26)(H,24,25). The van der Waals surface area contributed by atoms with Crippen molar-refractivity contribution in [1.29, 1.82) is 5.26 Å². The molecule has 3 aromatic heterocycles. The number of rotatable bonds is 4. The highest BCUT2D eigenvalue weighted by atomic mass is 32.1. The zero-order valence-electron chi connectivity index (χ0n) is 14.4. The highest BCUT2D eigenvalue weighted by Gasteiger charge is 2.14. The van der Waals surface area contributed by atoms with E-state index < -0.39 is 5.91 Å². The van der Waals surface area contributed by atoms with Gasteiger partial charge in [0.2, 0.25) is 5.91 Å². The number of hydrogen-bond donors (Lipinski definition) is 3. The average molecular weight is 373 g/mol.